The van der Waals surface area contributed by atoms with Crippen LogP contribution >= 0.6 is 7.82 Å². The number of ether oxygens (including phenoxy) is 1. The number of quaternary nitrogens is 1. The lowest BCUT2D eigenvalue weighted by molar-refractivity contribution is -0.870. The van der Waals surface area contributed by atoms with Crippen LogP contribution < -0.4 is 10.2 Å². The van der Waals surface area contributed by atoms with Gasteiger partial charge in [0.1, 0.15) is 19.3 Å². The fourth-order valence-corrected chi connectivity index (χ4v) is 9.89. The molecule has 0 heterocycles. The van der Waals surface area contributed by atoms with E-state index in [0.29, 0.717) is 17.4 Å². The van der Waals surface area contributed by atoms with Crippen LogP contribution in [0.3, 0.4) is 0 Å². The minimum Gasteiger partial charge on any atom is -0.756 e. The van der Waals surface area contributed by atoms with Crippen LogP contribution in [0.5, 0.6) is 0 Å². The zero-order valence-corrected chi connectivity index (χ0v) is 53.7. The molecule has 0 aromatic rings. The zero-order chi connectivity index (χ0) is 58.6. The summed E-state index contributed by atoms with van der Waals surface area (Å²) >= 11 is 0. The Morgan fingerprint density at radius 2 is 0.800 bits per heavy atom. The number of hydrogen-bond donors (Lipinski definition) is 1. The van der Waals surface area contributed by atoms with Gasteiger partial charge in [0, 0.05) is 12.8 Å². The number of nitrogens with zero attached hydrogens (tertiary/aromatic N) is 1. The molecule has 10 heteroatoms. The predicted octanol–water partition coefficient (Wildman–Crippen LogP) is 20.1. The van der Waals surface area contributed by atoms with E-state index in [9.17, 15) is 19.0 Å². The van der Waals surface area contributed by atoms with Gasteiger partial charge in [-0.2, -0.15) is 0 Å². The van der Waals surface area contributed by atoms with E-state index < -0.39 is 26.6 Å². The number of rotatable bonds is 59. The first-order valence-electron chi connectivity index (χ1n) is 33.0. The minimum atomic E-state index is -4.71. The summed E-state index contributed by atoms with van der Waals surface area (Å²) in [6, 6.07) is -0.908. The fraction of sp³-hybridized carbons (Fsp3) is 0.743. The second kappa shape index (κ2) is 59.1. The zero-order valence-electron chi connectivity index (χ0n) is 52.8. The highest BCUT2D eigenvalue weighted by atomic mass is 31.2. The molecule has 0 aliphatic heterocycles. The lowest BCUT2D eigenvalue weighted by atomic mass is 10.0. The Balaban J connectivity index is 5.24. The first-order valence-corrected chi connectivity index (χ1v) is 34.5. The van der Waals surface area contributed by atoms with Gasteiger partial charge in [-0.3, -0.25) is 14.2 Å². The SMILES string of the molecule is CC/C=C\C/C=C\C/C=C\C/C=C\C/C=C\C/C=C\CCCCCCC(=O)NC(COP(=O)([O-])OCC[N+](C)(C)C)C(/C=C\CCCCCCCCCCCC)OC(=O)CCCCCCCCCCC/C=C/CCCCCCCC. The van der Waals surface area contributed by atoms with Crippen molar-refractivity contribution in [2.75, 3.05) is 40.9 Å². The lowest BCUT2D eigenvalue weighted by Crippen LogP contribution is -2.47. The normalized spacial score (nSPS) is 14.2. The molecular weight excluding hydrogens is 1010 g/mol. The van der Waals surface area contributed by atoms with E-state index in [0.717, 1.165) is 103 Å². The molecule has 9 nitrogen and oxygen atoms in total. The molecule has 0 saturated carbocycles. The molecule has 3 unspecified atom stereocenters. The molecule has 0 rings (SSSR count). The number of nitrogens with one attached hydrogen (secondary N) is 1. The van der Waals surface area contributed by atoms with E-state index in [1.165, 1.54) is 141 Å². The Morgan fingerprint density at radius 3 is 1.21 bits per heavy atom. The quantitative estimate of drug-likeness (QED) is 0.0212. The Hall–Kier alpha value is -3.07. The first-order chi connectivity index (χ1) is 38.9. The van der Waals surface area contributed by atoms with E-state index >= 15 is 0 Å². The maximum absolute atomic E-state index is 13.6. The molecule has 1 amide bonds. The molecule has 0 saturated heterocycles. The third-order valence-electron chi connectivity index (χ3n) is 14.2. The molecule has 0 radical (unpaired) electrons. The van der Waals surface area contributed by atoms with Gasteiger partial charge in [-0.05, 0) is 109 Å². The molecular formula is C70H125N2O7P. The van der Waals surface area contributed by atoms with Gasteiger partial charge in [0.25, 0.3) is 7.82 Å². The van der Waals surface area contributed by atoms with Crippen LogP contribution in [-0.2, 0) is 27.9 Å². The summed E-state index contributed by atoms with van der Waals surface area (Å²) < 4.78 is 30.4. The number of carbonyl (C=O) groups excluding carboxylic acids is 2. The smallest absolute Gasteiger partial charge is 0.306 e. The van der Waals surface area contributed by atoms with E-state index in [-0.39, 0.29) is 31.3 Å². The molecule has 3 atom stereocenters. The van der Waals surface area contributed by atoms with Crippen LogP contribution in [0.2, 0.25) is 0 Å². The number of amides is 1. The van der Waals surface area contributed by atoms with Crippen LogP contribution in [-0.4, -0.2) is 69.4 Å². The Labute approximate surface area is 494 Å². The third-order valence-corrected chi connectivity index (χ3v) is 15.2. The van der Waals surface area contributed by atoms with Gasteiger partial charge in [-0.15, -0.1) is 0 Å². The lowest BCUT2D eigenvalue weighted by Gasteiger charge is -2.30. The summed E-state index contributed by atoms with van der Waals surface area (Å²) in [6.07, 6.45) is 79.5. The van der Waals surface area contributed by atoms with Crippen LogP contribution in [0.25, 0.3) is 0 Å². The van der Waals surface area contributed by atoms with Crippen molar-refractivity contribution in [2.45, 2.75) is 296 Å². The highest BCUT2D eigenvalue weighted by Crippen LogP contribution is 2.38. The summed E-state index contributed by atoms with van der Waals surface area (Å²) in [5, 5.41) is 3.02. The van der Waals surface area contributed by atoms with Crippen molar-refractivity contribution in [1.82, 2.24) is 5.32 Å². The number of hydrogen-bond acceptors (Lipinski definition) is 7. The van der Waals surface area contributed by atoms with Crippen molar-refractivity contribution >= 4 is 19.7 Å². The van der Waals surface area contributed by atoms with Crippen molar-refractivity contribution in [3.63, 3.8) is 0 Å². The third kappa shape index (κ3) is 59.5. The number of unbranched alkanes of at least 4 members (excludes halogenated alkanes) is 29. The Bertz CT molecular complexity index is 1690. The molecule has 0 aliphatic carbocycles. The summed E-state index contributed by atoms with van der Waals surface area (Å²) in [4.78, 5) is 40.1. The summed E-state index contributed by atoms with van der Waals surface area (Å²) in [5.41, 5.74) is 0. The molecule has 0 aromatic heterocycles. The molecule has 462 valence electrons. The number of likely N-dealkylation sites (N-methyl/N-ethyl adjacent to an activating group) is 1. The predicted molar refractivity (Wildman–Crippen MR) is 344 cm³/mol. The second-order valence-electron chi connectivity index (χ2n) is 23.2. The van der Waals surface area contributed by atoms with Gasteiger partial charge in [-0.1, -0.05) is 260 Å². The highest BCUT2D eigenvalue weighted by molar-refractivity contribution is 7.45. The van der Waals surface area contributed by atoms with E-state index in [1.807, 2.05) is 33.3 Å². The number of carbonyl (C=O) groups is 2. The maximum Gasteiger partial charge on any atom is 0.306 e. The number of phosphoric ester groups is 1. The van der Waals surface area contributed by atoms with Gasteiger partial charge in [0.2, 0.25) is 5.91 Å². The molecule has 1 N–H and O–H groups in total. The van der Waals surface area contributed by atoms with Crippen LogP contribution in [0.4, 0.5) is 0 Å². The molecule has 0 bridgehead atoms. The topological polar surface area (TPSA) is 114 Å². The number of phosphoric acid groups is 1. The average Bonchev–Trinajstić information content (AvgIpc) is 3.42. The maximum atomic E-state index is 13.6. The van der Waals surface area contributed by atoms with Gasteiger partial charge in [-0.25, -0.2) is 0 Å². The van der Waals surface area contributed by atoms with E-state index in [4.69, 9.17) is 13.8 Å². The second-order valence-corrected chi connectivity index (χ2v) is 24.6. The van der Waals surface area contributed by atoms with Gasteiger partial charge in [0.05, 0.1) is 33.8 Å². The molecule has 0 spiro atoms. The average molecular weight is 1140 g/mol. The summed E-state index contributed by atoms with van der Waals surface area (Å²) in [6.45, 7) is 6.71. The van der Waals surface area contributed by atoms with Crippen molar-refractivity contribution in [3.8, 4) is 0 Å². The van der Waals surface area contributed by atoms with Gasteiger partial charge in [0.15, 0.2) is 0 Å². The molecule has 80 heavy (non-hydrogen) atoms. The van der Waals surface area contributed by atoms with Gasteiger partial charge < -0.3 is 28.5 Å². The van der Waals surface area contributed by atoms with E-state index in [2.05, 4.69) is 111 Å². The molecule has 0 fully saturated rings. The van der Waals surface area contributed by atoms with Crippen LogP contribution in [0, 0.1) is 0 Å². The van der Waals surface area contributed by atoms with E-state index in [1.54, 1.807) is 0 Å². The summed E-state index contributed by atoms with van der Waals surface area (Å²) in [7, 11) is 1.16. The molecule has 0 aromatic carbocycles. The van der Waals surface area contributed by atoms with Crippen LogP contribution in [0.1, 0.15) is 284 Å². The van der Waals surface area contributed by atoms with Crippen molar-refractivity contribution in [2.24, 2.45) is 0 Å². The largest absolute Gasteiger partial charge is 0.756 e. The Morgan fingerprint density at radius 1 is 0.450 bits per heavy atom. The standard InChI is InChI=1S/C70H125N2O7P/c1-7-10-13-16-19-22-25-28-30-32-34-35-36-37-39-40-42-44-47-50-53-56-59-62-69(73)71-67(66-78-80(75,76)77-65-64-72(4,5)6)68(61-58-55-52-49-46-27-24-21-18-15-12-9-3)79-70(74)63-60-57-54-51-48-45-43-41-38-33-31-29-26-23-20-17-14-11-8-2/h10,13,19,22,28-31,34-35,37,39,42,44,58,61,67-68H,7-9,11-12,14-18,20-21,23-27,32-33,36,38,40-41,43,45-57,59-60,62-66H2,1-6H3,(H-,71,73,75,76)/b13-10-,22-19-,30-28-,31-29+,35-34-,39-37-,44-42-,61-58-. The summed E-state index contributed by atoms with van der Waals surface area (Å²) in [5.74, 6) is -0.572. The monoisotopic (exact) mass is 1140 g/mol. The number of allylic oxidation sites excluding steroid dienone is 15. The fourth-order valence-electron chi connectivity index (χ4n) is 9.17. The Kier molecular flexibility index (Phi) is 56.8. The first kappa shape index (κ1) is 76.9. The molecule has 0 aliphatic rings. The number of esters is 1. The van der Waals surface area contributed by atoms with Crippen LogP contribution in [0.15, 0.2) is 97.2 Å². The van der Waals surface area contributed by atoms with Crippen molar-refractivity contribution < 1.29 is 37.3 Å². The van der Waals surface area contributed by atoms with Crippen molar-refractivity contribution in [3.05, 3.63) is 97.2 Å². The minimum absolute atomic E-state index is 0.0319. The van der Waals surface area contributed by atoms with Gasteiger partial charge >= 0.3 is 5.97 Å². The highest BCUT2D eigenvalue weighted by Gasteiger charge is 2.27. The van der Waals surface area contributed by atoms with Crippen molar-refractivity contribution in [1.29, 1.82) is 0 Å².